The molecule has 0 atom stereocenters. The third kappa shape index (κ3) is 1.58. The van der Waals surface area contributed by atoms with Gasteiger partial charge in [0.15, 0.2) is 0 Å². The molecule has 0 aliphatic heterocycles. The van der Waals surface area contributed by atoms with Crippen LogP contribution >= 0.6 is 0 Å². The Morgan fingerprint density at radius 1 is 1.67 bits per heavy atom. The second kappa shape index (κ2) is 2.88. The zero-order valence-electron chi connectivity index (χ0n) is 5.09. The first-order valence-corrected chi connectivity index (χ1v) is 2.75. The summed E-state index contributed by atoms with van der Waals surface area (Å²) in [5, 5.41) is 0. The summed E-state index contributed by atoms with van der Waals surface area (Å²) in [5.74, 6) is 5.75. The van der Waals surface area contributed by atoms with Gasteiger partial charge in [0, 0.05) is 12.5 Å². The molecular formula is C8H7N. The van der Waals surface area contributed by atoms with E-state index in [9.17, 15) is 0 Å². The van der Waals surface area contributed by atoms with E-state index in [-0.39, 0.29) is 0 Å². The summed E-state index contributed by atoms with van der Waals surface area (Å²) in [5.41, 5.74) is 0.847. The molecule has 1 rings (SSSR count). The summed E-state index contributed by atoms with van der Waals surface area (Å²) < 4.78 is 0. The SMILES string of the molecule is C=NC1=CC#CCC=C1. The van der Waals surface area contributed by atoms with Gasteiger partial charge in [-0.15, -0.1) is 0 Å². The van der Waals surface area contributed by atoms with Crippen LogP contribution in [0.3, 0.4) is 0 Å². The van der Waals surface area contributed by atoms with Crippen LogP contribution in [0.4, 0.5) is 0 Å². The van der Waals surface area contributed by atoms with Crippen molar-refractivity contribution in [2.45, 2.75) is 6.42 Å². The highest BCUT2D eigenvalue weighted by atomic mass is 14.7. The zero-order chi connectivity index (χ0) is 6.53. The first-order valence-electron chi connectivity index (χ1n) is 2.75. The quantitative estimate of drug-likeness (QED) is 0.365. The van der Waals surface area contributed by atoms with Gasteiger partial charge in [-0.1, -0.05) is 17.9 Å². The molecule has 0 fully saturated rings. The van der Waals surface area contributed by atoms with Crippen molar-refractivity contribution >= 4 is 6.72 Å². The largest absolute Gasteiger partial charge is 0.264 e. The van der Waals surface area contributed by atoms with Gasteiger partial charge in [0.05, 0.1) is 5.70 Å². The minimum Gasteiger partial charge on any atom is -0.264 e. The van der Waals surface area contributed by atoms with Crippen molar-refractivity contribution in [2.24, 2.45) is 4.99 Å². The highest BCUT2D eigenvalue weighted by molar-refractivity contribution is 5.38. The summed E-state index contributed by atoms with van der Waals surface area (Å²) in [7, 11) is 0. The smallest absolute Gasteiger partial charge is 0.0702 e. The van der Waals surface area contributed by atoms with E-state index in [0.29, 0.717) is 0 Å². The van der Waals surface area contributed by atoms with Crippen molar-refractivity contribution < 1.29 is 0 Å². The van der Waals surface area contributed by atoms with Crippen molar-refractivity contribution in [3.05, 3.63) is 23.9 Å². The van der Waals surface area contributed by atoms with Crippen molar-refractivity contribution in [1.82, 2.24) is 0 Å². The molecule has 9 heavy (non-hydrogen) atoms. The van der Waals surface area contributed by atoms with Crippen LogP contribution in [0.15, 0.2) is 28.9 Å². The van der Waals surface area contributed by atoms with Gasteiger partial charge < -0.3 is 0 Å². The van der Waals surface area contributed by atoms with E-state index in [4.69, 9.17) is 0 Å². The van der Waals surface area contributed by atoms with Gasteiger partial charge in [-0.05, 0) is 12.8 Å². The normalized spacial score (nSPS) is 14.9. The Morgan fingerprint density at radius 2 is 2.56 bits per heavy atom. The molecule has 0 aromatic heterocycles. The Kier molecular flexibility index (Phi) is 1.87. The van der Waals surface area contributed by atoms with Crippen LogP contribution in [0.1, 0.15) is 6.42 Å². The maximum absolute atomic E-state index is 3.73. The molecule has 0 heterocycles. The van der Waals surface area contributed by atoms with E-state index >= 15 is 0 Å². The molecule has 1 heteroatoms. The maximum Gasteiger partial charge on any atom is 0.0702 e. The molecule has 1 nitrogen and oxygen atoms in total. The molecule has 0 unspecified atom stereocenters. The number of aliphatic imine (C=N–C) groups is 1. The molecule has 0 N–H and O–H groups in total. The fourth-order valence-corrected chi connectivity index (χ4v) is 0.569. The first kappa shape index (κ1) is 5.84. The summed E-state index contributed by atoms with van der Waals surface area (Å²) >= 11 is 0. The van der Waals surface area contributed by atoms with Crippen LogP contribution in [0.2, 0.25) is 0 Å². The number of rotatable bonds is 1. The average Bonchev–Trinajstić information content (AvgIpc) is 2.13. The van der Waals surface area contributed by atoms with E-state index in [1.54, 1.807) is 6.08 Å². The monoisotopic (exact) mass is 117 g/mol. The zero-order valence-corrected chi connectivity index (χ0v) is 5.09. The lowest BCUT2D eigenvalue weighted by molar-refractivity contribution is 1.41. The minimum atomic E-state index is 0.815. The highest BCUT2D eigenvalue weighted by Crippen LogP contribution is 1.99. The second-order valence-corrected chi connectivity index (χ2v) is 1.65. The Hall–Kier alpha value is -1.29. The van der Waals surface area contributed by atoms with E-state index in [0.717, 1.165) is 12.1 Å². The first-order chi connectivity index (χ1) is 4.43. The number of allylic oxidation sites excluding steroid dienone is 3. The van der Waals surface area contributed by atoms with Crippen molar-refractivity contribution in [2.75, 3.05) is 0 Å². The van der Waals surface area contributed by atoms with Crippen LogP contribution in [-0.2, 0) is 0 Å². The van der Waals surface area contributed by atoms with Crippen LogP contribution in [0.25, 0.3) is 0 Å². The molecule has 44 valence electrons. The van der Waals surface area contributed by atoms with Crippen molar-refractivity contribution in [3.8, 4) is 11.8 Å². The molecule has 0 bridgehead atoms. The van der Waals surface area contributed by atoms with E-state index in [1.807, 2.05) is 12.2 Å². The molecule has 0 amide bonds. The Bertz CT molecular complexity index is 223. The predicted octanol–water partition coefficient (Wildman–Crippen LogP) is 1.53. The lowest BCUT2D eigenvalue weighted by Crippen LogP contribution is -1.65. The minimum absolute atomic E-state index is 0.815. The number of hydrogen-bond donors (Lipinski definition) is 0. The van der Waals surface area contributed by atoms with Crippen LogP contribution in [-0.4, -0.2) is 6.72 Å². The topological polar surface area (TPSA) is 12.4 Å². The third-order valence-corrected chi connectivity index (χ3v) is 1.01. The molecular weight excluding hydrogens is 110 g/mol. The van der Waals surface area contributed by atoms with Gasteiger partial charge in [-0.2, -0.15) is 0 Å². The highest BCUT2D eigenvalue weighted by Gasteiger charge is 1.83. The lowest BCUT2D eigenvalue weighted by atomic mass is 10.4. The number of nitrogens with zero attached hydrogens (tertiary/aromatic N) is 1. The molecule has 1 aliphatic carbocycles. The molecule has 0 saturated heterocycles. The summed E-state index contributed by atoms with van der Waals surface area (Å²) in [4.78, 5) is 3.73. The van der Waals surface area contributed by atoms with Gasteiger partial charge in [-0.3, -0.25) is 4.99 Å². The fourth-order valence-electron chi connectivity index (χ4n) is 0.569. The second-order valence-electron chi connectivity index (χ2n) is 1.65. The third-order valence-electron chi connectivity index (χ3n) is 1.01. The Balaban J connectivity index is 2.84. The van der Waals surface area contributed by atoms with Crippen LogP contribution in [0.5, 0.6) is 0 Å². The predicted molar refractivity (Wildman–Crippen MR) is 39.2 cm³/mol. The molecule has 0 aromatic carbocycles. The van der Waals surface area contributed by atoms with Crippen LogP contribution in [0, 0.1) is 11.8 Å². The van der Waals surface area contributed by atoms with Crippen molar-refractivity contribution in [3.63, 3.8) is 0 Å². The molecule has 0 spiro atoms. The van der Waals surface area contributed by atoms with Gasteiger partial charge >= 0.3 is 0 Å². The maximum atomic E-state index is 3.73. The van der Waals surface area contributed by atoms with E-state index < -0.39 is 0 Å². The summed E-state index contributed by atoms with van der Waals surface area (Å²) in [6.45, 7) is 3.39. The van der Waals surface area contributed by atoms with Gasteiger partial charge in [-0.25, -0.2) is 0 Å². The molecule has 0 radical (unpaired) electrons. The lowest BCUT2D eigenvalue weighted by Gasteiger charge is -1.83. The van der Waals surface area contributed by atoms with Gasteiger partial charge in [0.2, 0.25) is 0 Å². The van der Waals surface area contributed by atoms with Crippen LogP contribution < -0.4 is 0 Å². The molecule has 1 aliphatic rings. The van der Waals surface area contributed by atoms with Gasteiger partial charge in [0.25, 0.3) is 0 Å². The van der Waals surface area contributed by atoms with Gasteiger partial charge in [0.1, 0.15) is 0 Å². The molecule has 0 aromatic rings. The summed E-state index contributed by atoms with van der Waals surface area (Å²) in [6.07, 6.45) is 6.45. The number of hydrogen-bond acceptors (Lipinski definition) is 1. The Labute approximate surface area is 54.8 Å². The fraction of sp³-hybridized carbons (Fsp3) is 0.125. The van der Waals surface area contributed by atoms with E-state index in [2.05, 4.69) is 23.6 Å². The van der Waals surface area contributed by atoms with Crippen molar-refractivity contribution in [1.29, 1.82) is 0 Å². The molecule has 0 saturated carbocycles. The summed E-state index contributed by atoms with van der Waals surface area (Å²) in [6, 6.07) is 0. The Morgan fingerprint density at radius 3 is 3.33 bits per heavy atom. The van der Waals surface area contributed by atoms with E-state index in [1.165, 1.54) is 0 Å². The average molecular weight is 117 g/mol. The standard InChI is InChI=1S/C8H7N/c1-9-8-6-4-2-3-5-7-8/h4,6-7H,1-2H2.